The van der Waals surface area contributed by atoms with Gasteiger partial charge in [-0.15, -0.1) is 0 Å². The molecule has 0 bridgehead atoms. The largest absolute Gasteiger partial charge is 0.387 e. The lowest BCUT2D eigenvalue weighted by Gasteiger charge is -2.33. The van der Waals surface area contributed by atoms with Gasteiger partial charge in [0, 0.05) is 5.41 Å². The van der Waals surface area contributed by atoms with E-state index < -0.39 is 0 Å². The van der Waals surface area contributed by atoms with E-state index >= 15 is 0 Å². The summed E-state index contributed by atoms with van der Waals surface area (Å²) < 4.78 is 0. The molecule has 0 spiro atoms. The maximum atomic E-state index is 6.09. The molecule has 2 unspecified atom stereocenters. The third kappa shape index (κ3) is 3.50. The molecule has 0 aromatic heterocycles. The van der Waals surface area contributed by atoms with Crippen molar-refractivity contribution < 1.29 is 0 Å². The Morgan fingerprint density at radius 2 is 1.75 bits per heavy atom. The first-order valence-corrected chi connectivity index (χ1v) is 6.66. The number of nitrogens with two attached hydrogens (primary N) is 1. The average Bonchev–Trinajstić information content (AvgIpc) is 2.16. The van der Waals surface area contributed by atoms with Gasteiger partial charge in [0.15, 0.2) is 0 Å². The highest BCUT2D eigenvalue weighted by Crippen LogP contribution is 2.33. The summed E-state index contributed by atoms with van der Waals surface area (Å²) in [5.74, 6) is 2.28. The molecule has 1 aliphatic rings. The molecule has 2 N–H and O–H groups in total. The predicted octanol–water partition coefficient (Wildman–Crippen LogP) is 3.60. The van der Waals surface area contributed by atoms with Crippen molar-refractivity contribution in [3.8, 4) is 0 Å². The smallest absolute Gasteiger partial charge is 0.0994 e. The molecule has 2 atom stereocenters. The van der Waals surface area contributed by atoms with Crippen LogP contribution >= 0.6 is 0 Å². The van der Waals surface area contributed by atoms with Crippen molar-refractivity contribution in [3.05, 3.63) is 0 Å². The molecule has 0 aromatic rings. The van der Waals surface area contributed by atoms with Crippen LogP contribution in [0.4, 0.5) is 0 Å². The number of nitrogens with zero attached hydrogens (tertiary/aromatic N) is 1. The number of aliphatic imine (C=N–C) groups is 1. The molecule has 0 aliphatic heterocycles. The fraction of sp³-hybridized carbons (Fsp3) is 0.929. The molecular weight excluding hydrogens is 196 g/mol. The highest BCUT2D eigenvalue weighted by Gasteiger charge is 2.28. The highest BCUT2D eigenvalue weighted by atomic mass is 14.9. The molecule has 1 aliphatic carbocycles. The summed E-state index contributed by atoms with van der Waals surface area (Å²) >= 11 is 0. The minimum absolute atomic E-state index is 0.0129. The first kappa shape index (κ1) is 13.5. The standard InChI is InChI=1S/C14H28N2/c1-10(2)11-8-6-7-9-12(11)16-13(15)14(3,4)5/h10-12H,6-9H2,1-5H3,(H2,15,16). The lowest BCUT2D eigenvalue weighted by molar-refractivity contribution is 0.240. The van der Waals surface area contributed by atoms with Crippen molar-refractivity contribution in [2.45, 2.75) is 66.3 Å². The summed E-state index contributed by atoms with van der Waals surface area (Å²) in [6, 6.07) is 0.466. The van der Waals surface area contributed by atoms with Crippen LogP contribution in [0.3, 0.4) is 0 Å². The number of amidine groups is 1. The zero-order chi connectivity index (χ0) is 12.3. The zero-order valence-corrected chi connectivity index (χ0v) is 11.6. The molecular formula is C14H28N2. The van der Waals surface area contributed by atoms with Crippen LogP contribution in [-0.2, 0) is 0 Å². The summed E-state index contributed by atoms with van der Waals surface area (Å²) in [6.45, 7) is 11.0. The van der Waals surface area contributed by atoms with Crippen LogP contribution < -0.4 is 5.73 Å². The fourth-order valence-electron chi connectivity index (χ4n) is 2.45. The average molecular weight is 224 g/mol. The molecule has 0 amide bonds. The van der Waals surface area contributed by atoms with Gasteiger partial charge in [-0.2, -0.15) is 0 Å². The third-order valence-electron chi connectivity index (χ3n) is 3.71. The second-order valence-corrected chi connectivity index (χ2v) is 6.52. The van der Waals surface area contributed by atoms with Crippen LogP contribution in [0.2, 0.25) is 0 Å². The summed E-state index contributed by atoms with van der Waals surface area (Å²) in [5, 5.41) is 0. The van der Waals surface area contributed by atoms with E-state index in [2.05, 4.69) is 34.6 Å². The molecule has 0 heterocycles. The summed E-state index contributed by atoms with van der Waals surface area (Å²) in [5.41, 5.74) is 6.11. The van der Waals surface area contributed by atoms with Gasteiger partial charge < -0.3 is 5.73 Å². The van der Waals surface area contributed by atoms with Crippen LogP contribution in [0.15, 0.2) is 4.99 Å². The molecule has 0 saturated heterocycles. The zero-order valence-electron chi connectivity index (χ0n) is 11.6. The Morgan fingerprint density at radius 1 is 1.19 bits per heavy atom. The number of hydrogen-bond acceptors (Lipinski definition) is 1. The van der Waals surface area contributed by atoms with Crippen molar-refractivity contribution in [1.29, 1.82) is 0 Å². The van der Waals surface area contributed by atoms with Crippen molar-refractivity contribution >= 4 is 5.84 Å². The first-order valence-electron chi connectivity index (χ1n) is 6.66. The molecule has 2 nitrogen and oxygen atoms in total. The SMILES string of the molecule is CC(C)C1CCCCC1N=C(N)C(C)(C)C. The quantitative estimate of drug-likeness (QED) is 0.565. The van der Waals surface area contributed by atoms with Gasteiger partial charge in [0.05, 0.1) is 11.9 Å². The van der Waals surface area contributed by atoms with Crippen molar-refractivity contribution in [3.63, 3.8) is 0 Å². The Labute approximate surface area is 101 Å². The third-order valence-corrected chi connectivity index (χ3v) is 3.71. The fourth-order valence-corrected chi connectivity index (χ4v) is 2.45. The van der Waals surface area contributed by atoms with Crippen LogP contribution in [0.25, 0.3) is 0 Å². The highest BCUT2D eigenvalue weighted by molar-refractivity contribution is 5.85. The molecule has 0 aromatic carbocycles. The lowest BCUT2D eigenvalue weighted by Crippen LogP contribution is -2.34. The molecule has 1 rings (SSSR count). The molecule has 16 heavy (non-hydrogen) atoms. The van der Waals surface area contributed by atoms with E-state index in [0.29, 0.717) is 6.04 Å². The van der Waals surface area contributed by atoms with Gasteiger partial charge in [-0.1, -0.05) is 47.5 Å². The monoisotopic (exact) mass is 224 g/mol. The first-order chi connectivity index (χ1) is 7.32. The maximum absolute atomic E-state index is 6.09. The van der Waals surface area contributed by atoms with Gasteiger partial charge >= 0.3 is 0 Å². The molecule has 0 radical (unpaired) electrons. The van der Waals surface area contributed by atoms with Gasteiger partial charge in [-0.05, 0) is 24.7 Å². The Hall–Kier alpha value is -0.530. The Morgan fingerprint density at radius 3 is 2.25 bits per heavy atom. The minimum Gasteiger partial charge on any atom is -0.387 e. The van der Waals surface area contributed by atoms with Crippen LogP contribution in [0.5, 0.6) is 0 Å². The van der Waals surface area contributed by atoms with Gasteiger partial charge in [0.25, 0.3) is 0 Å². The summed E-state index contributed by atoms with van der Waals surface area (Å²) in [6.07, 6.45) is 5.22. The molecule has 94 valence electrons. The van der Waals surface area contributed by atoms with E-state index in [4.69, 9.17) is 10.7 Å². The molecule has 2 heteroatoms. The number of rotatable bonds is 2. The van der Waals surface area contributed by atoms with Crippen LogP contribution in [-0.4, -0.2) is 11.9 Å². The minimum atomic E-state index is 0.0129. The van der Waals surface area contributed by atoms with Crippen molar-refractivity contribution in [2.75, 3.05) is 0 Å². The van der Waals surface area contributed by atoms with E-state index in [1.807, 2.05) is 0 Å². The van der Waals surface area contributed by atoms with Gasteiger partial charge in [0.1, 0.15) is 0 Å². The Balaban J connectivity index is 2.77. The van der Waals surface area contributed by atoms with Gasteiger partial charge in [-0.25, -0.2) is 0 Å². The Bertz CT molecular complexity index is 248. The topological polar surface area (TPSA) is 38.4 Å². The normalized spacial score (nSPS) is 28.5. The van der Waals surface area contributed by atoms with Crippen LogP contribution in [0, 0.1) is 17.3 Å². The second-order valence-electron chi connectivity index (χ2n) is 6.52. The van der Waals surface area contributed by atoms with Crippen molar-refractivity contribution in [2.24, 2.45) is 28.0 Å². The summed E-state index contributed by atoms with van der Waals surface area (Å²) in [4.78, 5) is 4.80. The van der Waals surface area contributed by atoms with E-state index in [1.54, 1.807) is 0 Å². The molecule has 1 fully saturated rings. The van der Waals surface area contributed by atoms with E-state index in [9.17, 15) is 0 Å². The van der Waals surface area contributed by atoms with E-state index in [-0.39, 0.29) is 5.41 Å². The number of hydrogen-bond donors (Lipinski definition) is 1. The maximum Gasteiger partial charge on any atom is 0.0994 e. The predicted molar refractivity (Wildman–Crippen MR) is 71.7 cm³/mol. The van der Waals surface area contributed by atoms with Crippen molar-refractivity contribution in [1.82, 2.24) is 0 Å². The van der Waals surface area contributed by atoms with E-state index in [1.165, 1.54) is 25.7 Å². The lowest BCUT2D eigenvalue weighted by atomic mass is 9.78. The van der Waals surface area contributed by atoms with Gasteiger partial charge in [-0.3, -0.25) is 4.99 Å². The second kappa shape index (κ2) is 5.20. The van der Waals surface area contributed by atoms with Crippen LogP contribution in [0.1, 0.15) is 60.3 Å². The molecule has 1 saturated carbocycles. The van der Waals surface area contributed by atoms with Gasteiger partial charge in [0.2, 0.25) is 0 Å². The Kier molecular flexibility index (Phi) is 4.40. The van der Waals surface area contributed by atoms with E-state index in [0.717, 1.165) is 17.7 Å². The summed E-state index contributed by atoms with van der Waals surface area (Å²) in [7, 11) is 0.